The molecule has 0 fully saturated rings. The maximum absolute atomic E-state index is 5.45. The van der Waals surface area contributed by atoms with Crippen LogP contribution < -0.4 is 0 Å². The van der Waals surface area contributed by atoms with Gasteiger partial charge in [0.2, 0.25) is 0 Å². The SMILES string of the molecule is CCCOC(C)COCC(C)C. The maximum Gasteiger partial charge on any atom is 0.0780 e. The standard InChI is InChI=1S/C10H22O2/c1-5-6-12-10(4)8-11-7-9(2)3/h9-10H,5-8H2,1-4H3. The van der Waals surface area contributed by atoms with Crippen molar-refractivity contribution >= 4 is 0 Å². The first-order chi connectivity index (χ1) is 5.66. The molecule has 12 heavy (non-hydrogen) atoms. The van der Waals surface area contributed by atoms with Crippen LogP contribution in [0.15, 0.2) is 0 Å². The van der Waals surface area contributed by atoms with Crippen molar-refractivity contribution in [3.05, 3.63) is 0 Å². The van der Waals surface area contributed by atoms with Crippen molar-refractivity contribution < 1.29 is 9.47 Å². The van der Waals surface area contributed by atoms with Crippen molar-refractivity contribution in [1.29, 1.82) is 0 Å². The normalized spacial score (nSPS) is 13.8. The van der Waals surface area contributed by atoms with Crippen molar-refractivity contribution in [2.75, 3.05) is 19.8 Å². The summed E-state index contributed by atoms with van der Waals surface area (Å²) < 4.78 is 10.9. The summed E-state index contributed by atoms with van der Waals surface area (Å²) in [5.41, 5.74) is 0. The zero-order valence-electron chi connectivity index (χ0n) is 8.80. The molecule has 0 spiro atoms. The Kier molecular flexibility index (Phi) is 7.51. The van der Waals surface area contributed by atoms with Gasteiger partial charge in [0.25, 0.3) is 0 Å². The predicted molar refractivity (Wildman–Crippen MR) is 51.4 cm³/mol. The van der Waals surface area contributed by atoms with Gasteiger partial charge in [-0.2, -0.15) is 0 Å². The molecule has 74 valence electrons. The third kappa shape index (κ3) is 8.02. The van der Waals surface area contributed by atoms with Gasteiger partial charge in [-0.05, 0) is 19.3 Å². The van der Waals surface area contributed by atoms with E-state index in [2.05, 4.69) is 27.7 Å². The Labute approximate surface area is 76.3 Å². The van der Waals surface area contributed by atoms with Gasteiger partial charge in [0.1, 0.15) is 0 Å². The predicted octanol–water partition coefficient (Wildman–Crippen LogP) is 2.47. The monoisotopic (exact) mass is 174 g/mol. The fourth-order valence-corrected chi connectivity index (χ4v) is 0.837. The number of hydrogen-bond donors (Lipinski definition) is 0. The molecule has 0 heterocycles. The van der Waals surface area contributed by atoms with E-state index < -0.39 is 0 Å². The maximum atomic E-state index is 5.45. The lowest BCUT2D eigenvalue weighted by molar-refractivity contribution is -0.0126. The molecule has 0 aromatic carbocycles. The lowest BCUT2D eigenvalue weighted by atomic mass is 10.2. The molecule has 0 aromatic rings. The number of rotatable bonds is 7. The van der Waals surface area contributed by atoms with E-state index in [9.17, 15) is 0 Å². The van der Waals surface area contributed by atoms with Crippen LogP contribution in [0.1, 0.15) is 34.1 Å². The minimum absolute atomic E-state index is 0.240. The van der Waals surface area contributed by atoms with Gasteiger partial charge in [0.15, 0.2) is 0 Å². The van der Waals surface area contributed by atoms with Crippen LogP contribution in [0.2, 0.25) is 0 Å². The van der Waals surface area contributed by atoms with Crippen LogP contribution in [-0.4, -0.2) is 25.9 Å². The van der Waals surface area contributed by atoms with Crippen LogP contribution in [0.3, 0.4) is 0 Å². The molecular formula is C10H22O2. The Bertz CT molecular complexity index is 91.8. The highest BCUT2D eigenvalue weighted by Gasteiger charge is 2.01. The third-order valence-corrected chi connectivity index (χ3v) is 1.41. The summed E-state index contributed by atoms with van der Waals surface area (Å²) in [6.07, 6.45) is 1.32. The van der Waals surface area contributed by atoms with Gasteiger partial charge >= 0.3 is 0 Å². The van der Waals surface area contributed by atoms with E-state index in [4.69, 9.17) is 9.47 Å². The molecule has 0 N–H and O–H groups in total. The minimum Gasteiger partial charge on any atom is -0.379 e. The summed E-state index contributed by atoms with van der Waals surface area (Å²) >= 11 is 0. The number of ether oxygens (including phenoxy) is 2. The van der Waals surface area contributed by atoms with Crippen molar-refractivity contribution in [3.8, 4) is 0 Å². The van der Waals surface area contributed by atoms with Crippen LogP contribution in [0.5, 0.6) is 0 Å². The van der Waals surface area contributed by atoms with Gasteiger partial charge < -0.3 is 9.47 Å². The van der Waals surface area contributed by atoms with E-state index >= 15 is 0 Å². The molecule has 2 nitrogen and oxygen atoms in total. The van der Waals surface area contributed by atoms with E-state index in [1.807, 2.05) is 0 Å². The lowest BCUT2D eigenvalue weighted by Gasteiger charge is -2.13. The first-order valence-corrected chi connectivity index (χ1v) is 4.86. The van der Waals surface area contributed by atoms with E-state index in [0.717, 1.165) is 26.2 Å². The Morgan fingerprint density at radius 3 is 2.25 bits per heavy atom. The first-order valence-electron chi connectivity index (χ1n) is 4.86. The molecule has 2 heteroatoms. The molecule has 1 unspecified atom stereocenters. The Morgan fingerprint density at radius 1 is 1.08 bits per heavy atom. The molecule has 0 bridgehead atoms. The largest absolute Gasteiger partial charge is 0.379 e. The van der Waals surface area contributed by atoms with Gasteiger partial charge in [0, 0.05) is 13.2 Å². The third-order valence-electron chi connectivity index (χ3n) is 1.41. The molecule has 0 aliphatic heterocycles. The number of hydrogen-bond acceptors (Lipinski definition) is 2. The van der Waals surface area contributed by atoms with Crippen molar-refractivity contribution in [3.63, 3.8) is 0 Å². The van der Waals surface area contributed by atoms with Gasteiger partial charge in [-0.25, -0.2) is 0 Å². The highest BCUT2D eigenvalue weighted by molar-refractivity contribution is 4.48. The average molecular weight is 174 g/mol. The summed E-state index contributed by atoms with van der Waals surface area (Å²) in [4.78, 5) is 0. The van der Waals surface area contributed by atoms with Crippen LogP contribution >= 0.6 is 0 Å². The summed E-state index contributed by atoms with van der Waals surface area (Å²) in [7, 11) is 0. The topological polar surface area (TPSA) is 18.5 Å². The lowest BCUT2D eigenvalue weighted by Crippen LogP contribution is -2.18. The molecule has 0 amide bonds. The van der Waals surface area contributed by atoms with Gasteiger partial charge in [-0.15, -0.1) is 0 Å². The van der Waals surface area contributed by atoms with Crippen LogP contribution in [-0.2, 0) is 9.47 Å². The zero-order chi connectivity index (χ0) is 9.40. The summed E-state index contributed by atoms with van der Waals surface area (Å²) in [6.45, 7) is 10.9. The summed E-state index contributed by atoms with van der Waals surface area (Å²) in [5.74, 6) is 0.614. The Balaban J connectivity index is 3.13. The minimum atomic E-state index is 0.240. The molecule has 0 saturated heterocycles. The molecule has 0 aliphatic rings. The Morgan fingerprint density at radius 2 is 1.75 bits per heavy atom. The summed E-state index contributed by atoms with van der Waals surface area (Å²) in [6, 6.07) is 0. The molecule has 0 aromatic heterocycles. The second-order valence-electron chi connectivity index (χ2n) is 3.61. The highest BCUT2D eigenvalue weighted by atomic mass is 16.5. The Hall–Kier alpha value is -0.0800. The second-order valence-corrected chi connectivity index (χ2v) is 3.61. The average Bonchev–Trinajstić information content (AvgIpc) is 2.00. The van der Waals surface area contributed by atoms with Gasteiger partial charge in [-0.3, -0.25) is 0 Å². The molecule has 0 radical (unpaired) electrons. The van der Waals surface area contributed by atoms with Crippen LogP contribution in [0, 0.1) is 5.92 Å². The molecule has 1 atom stereocenters. The fourth-order valence-electron chi connectivity index (χ4n) is 0.837. The molecule has 0 saturated carbocycles. The molecule has 0 aliphatic carbocycles. The second kappa shape index (κ2) is 7.56. The van der Waals surface area contributed by atoms with Gasteiger partial charge in [0.05, 0.1) is 12.7 Å². The highest BCUT2D eigenvalue weighted by Crippen LogP contribution is 1.97. The van der Waals surface area contributed by atoms with Crippen molar-refractivity contribution in [2.45, 2.75) is 40.2 Å². The summed E-state index contributed by atoms with van der Waals surface area (Å²) in [5, 5.41) is 0. The van der Waals surface area contributed by atoms with Crippen molar-refractivity contribution in [2.24, 2.45) is 5.92 Å². The first kappa shape index (κ1) is 11.9. The fraction of sp³-hybridized carbons (Fsp3) is 1.00. The van der Waals surface area contributed by atoms with E-state index in [1.54, 1.807) is 0 Å². The molecular weight excluding hydrogens is 152 g/mol. The quantitative estimate of drug-likeness (QED) is 0.590. The van der Waals surface area contributed by atoms with Crippen LogP contribution in [0.4, 0.5) is 0 Å². The van der Waals surface area contributed by atoms with E-state index in [0.29, 0.717) is 5.92 Å². The van der Waals surface area contributed by atoms with Gasteiger partial charge in [-0.1, -0.05) is 20.8 Å². The van der Waals surface area contributed by atoms with Crippen molar-refractivity contribution in [1.82, 2.24) is 0 Å². The molecule has 0 rings (SSSR count). The van der Waals surface area contributed by atoms with Crippen LogP contribution in [0.25, 0.3) is 0 Å². The van der Waals surface area contributed by atoms with E-state index in [-0.39, 0.29) is 6.10 Å². The zero-order valence-corrected chi connectivity index (χ0v) is 8.80. The smallest absolute Gasteiger partial charge is 0.0780 e. The van der Waals surface area contributed by atoms with E-state index in [1.165, 1.54) is 0 Å².